The van der Waals surface area contributed by atoms with E-state index in [1.807, 2.05) is 16.7 Å². The molecule has 9 nitrogen and oxygen atoms in total. The van der Waals surface area contributed by atoms with E-state index in [2.05, 4.69) is 15.0 Å². The van der Waals surface area contributed by atoms with Crippen molar-refractivity contribution in [3.8, 4) is 0 Å². The summed E-state index contributed by atoms with van der Waals surface area (Å²) in [5.41, 5.74) is 7.53. The average Bonchev–Trinajstić information content (AvgIpc) is 3.40. The predicted molar refractivity (Wildman–Crippen MR) is 124 cm³/mol. The zero-order valence-corrected chi connectivity index (χ0v) is 18.3. The standard InChI is InChI=1S/C25H23N5O4/c26-21-20-22(28-15-27-21)30(16-29-20)12-19-11-25(19,13-33-23(31)17-7-3-1-4-8-17)14-34-24(32)18-9-5-2-6-10-18/h1-10,15-16,19H,11-14H2,(H2,26,27,28). The van der Waals surface area contributed by atoms with E-state index in [0.29, 0.717) is 34.7 Å². The van der Waals surface area contributed by atoms with E-state index in [1.165, 1.54) is 6.33 Å². The lowest BCUT2D eigenvalue weighted by molar-refractivity contribution is 0.0175. The number of carbonyl (C=O) groups excluding carboxylic acids is 2. The third-order valence-corrected chi connectivity index (χ3v) is 6.21. The van der Waals surface area contributed by atoms with Crippen molar-refractivity contribution in [2.45, 2.75) is 13.0 Å². The second kappa shape index (κ2) is 8.93. The fourth-order valence-corrected chi connectivity index (χ4v) is 4.09. The summed E-state index contributed by atoms with van der Waals surface area (Å²) in [6.07, 6.45) is 3.79. The number of hydrogen-bond acceptors (Lipinski definition) is 8. The molecule has 5 rings (SSSR count). The van der Waals surface area contributed by atoms with E-state index in [-0.39, 0.29) is 19.1 Å². The lowest BCUT2D eigenvalue weighted by atomic mass is 10.1. The number of nitrogens with two attached hydrogens (primary N) is 1. The lowest BCUT2D eigenvalue weighted by Crippen LogP contribution is -2.25. The molecule has 1 saturated carbocycles. The number of nitrogens with zero attached hydrogens (tertiary/aromatic N) is 4. The fourth-order valence-electron chi connectivity index (χ4n) is 4.09. The number of benzene rings is 2. The molecule has 0 radical (unpaired) electrons. The number of fused-ring (bicyclic) bond motifs is 1. The quantitative estimate of drug-likeness (QED) is 0.401. The van der Waals surface area contributed by atoms with Crippen LogP contribution in [0.5, 0.6) is 0 Å². The Labute approximate surface area is 195 Å². The van der Waals surface area contributed by atoms with Gasteiger partial charge in [-0.1, -0.05) is 36.4 Å². The van der Waals surface area contributed by atoms with E-state index in [4.69, 9.17) is 15.2 Å². The minimum atomic E-state index is -0.496. The second-order valence-electron chi connectivity index (χ2n) is 8.48. The molecule has 9 heteroatoms. The van der Waals surface area contributed by atoms with Gasteiger partial charge in [0, 0.05) is 12.0 Å². The fraction of sp³-hybridized carbons (Fsp3) is 0.240. The maximum absolute atomic E-state index is 12.5. The molecule has 2 N–H and O–H groups in total. The van der Waals surface area contributed by atoms with Crippen molar-refractivity contribution in [1.29, 1.82) is 0 Å². The van der Waals surface area contributed by atoms with Gasteiger partial charge in [0.05, 0.1) is 17.5 Å². The van der Waals surface area contributed by atoms with Crippen LogP contribution in [-0.4, -0.2) is 44.7 Å². The van der Waals surface area contributed by atoms with Crippen LogP contribution < -0.4 is 5.73 Å². The first-order valence-electron chi connectivity index (χ1n) is 10.9. The Bertz CT molecular complexity index is 1270. The van der Waals surface area contributed by atoms with Crippen LogP contribution in [0.2, 0.25) is 0 Å². The summed E-state index contributed by atoms with van der Waals surface area (Å²) < 4.78 is 13.2. The van der Waals surface area contributed by atoms with E-state index in [1.54, 1.807) is 54.9 Å². The molecule has 34 heavy (non-hydrogen) atoms. The van der Waals surface area contributed by atoms with Crippen LogP contribution in [0.4, 0.5) is 5.82 Å². The molecule has 1 aliphatic carbocycles. The third-order valence-electron chi connectivity index (χ3n) is 6.21. The number of nitrogen functional groups attached to an aromatic ring is 1. The molecule has 2 aromatic carbocycles. The van der Waals surface area contributed by atoms with E-state index < -0.39 is 17.4 Å². The Morgan fingerprint density at radius 3 is 2.09 bits per heavy atom. The smallest absolute Gasteiger partial charge is 0.338 e. The summed E-state index contributed by atoms with van der Waals surface area (Å²) in [5, 5.41) is 0. The number of esters is 2. The summed E-state index contributed by atoms with van der Waals surface area (Å²) in [6, 6.07) is 17.6. The molecule has 0 bridgehead atoms. The molecule has 4 aromatic rings. The van der Waals surface area contributed by atoms with Crippen LogP contribution in [-0.2, 0) is 16.0 Å². The van der Waals surface area contributed by atoms with E-state index in [0.717, 1.165) is 6.42 Å². The highest BCUT2D eigenvalue weighted by atomic mass is 16.5. The van der Waals surface area contributed by atoms with Gasteiger partial charge in [0.15, 0.2) is 11.5 Å². The first kappa shape index (κ1) is 21.6. The Hall–Kier alpha value is -4.27. The molecule has 0 amide bonds. The Balaban J connectivity index is 1.31. The molecule has 1 unspecified atom stereocenters. The number of hydrogen-bond donors (Lipinski definition) is 1. The van der Waals surface area contributed by atoms with Crippen molar-refractivity contribution in [2.24, 2.45) is 11.3 Å². The maximum Gasteiger partial charge on any atom is 0.338 e. The van der Waals surface area contributed by atoms with Crippen LogP contribution >= 0.6 is 0 Å². The van der Waals surface area contributed by atoms with Gasteiger partial charge in [-0.05, 0) is 36.6 Å². The molecule has 2 heterocycles. The van der Waals surface area contributed by atoms with Crippen LogP contribution in [0, 0.1) is 11.3 Å². The van der Waals surface area contributed by atoms with Gasteiger partial charge < -0.3 is 19.8 Å². The summed E-state index contributed by atoms with van der Waals surface area (Å²) in [7, 11) is 0. The van der Waals surface area contributed by atoms with Gasteiger partial charge in [0.1, 0.15) is 25.1 Å². The highest BCUT2D eigenvalue weighted by Crippen LogP contribution is 2.54. The van der Waals surface area contributed by atoms with Gasteiger partial charge in [-0.2, -0.15) is 0 Å². The van der Waals surface area contributed by atoms with Gasteiger partial charge in [-0.3, -0.25) is 0 Å². The lowest BCUT2D eigenvalue weighted by Gasteiger charge is -2.18. The first-order valence-corrected chi connectivity index (χ1v) is 10.9. The largest absolute Gasteiger partial charge is 0.461 e. The molecule has 172 valence electrons. The SMILES string of the molecule is Nc1ncnc2c1ncn2CC1CC1(COC(=O)c1ccccc1)COC(=O)c1ccccc1. The van der Waals surface area contributed by atoms with Gasteiger partial charge >= 0.3 is 11.9 Å². The second-order valence-corrected chi connectivity index (χ2v) is 8.48. The van der Waals surface area contributed by atoms with Crippen LogP contribution in [0.15, 0.2) is 73.3 Å². The molecule has 1 atom stereocenters. The molecule has 0 spiro atoms. The normalized spacial score (nSPS) is 16.2. The van der Waals surface area contributed by atoms with Crippen molar-refractivity contribution >= 4 is 28.9 Å². The highest BCUT2D eigenvalue weighted by molar-refractivity contribution is 5.90. The Kier molecular flexibility index (Phi) is 5.67. The van der Waals surface area contributed by atoms with E-state index in [9.17, 15) is 9.59 Å². The summed E-state index contributed by atoms with van der Waals surface area (Å²) >= 11 is 0. The van der Waals surface area contributed by atoms with Crippen LogP contribution in [0.25, 0.3) is 11.2 Å². The molecule has 1 fully saturated rings. The van der Waals surface area contributed by atoms with Gasteiger partial charge in [0.2, 0.25) is 0 Å². The Morgan fingerprint density at radius 2 is 1.50 bits per heavy atom. The van der Waals surface area contributed by atoms with Gasteiger partial charge in [0.25, 0.3) is 0 Å². The molecular formula is C25H23N5O4. The predicted octanol–water partition coefficient (Wildman–Crippen LogP) is 3.13. The van der Waals surface area contributed by atoms with Crippen molar-refractivity contribution in [3.63, 3.8) is 0 Å². The first-order chi connectivity index (χ1) is 16.6. The molecule has 0 saturated heterocycles. The van der Waals surface area contributed by atoms with Crippen LogP contribution in [0.3, 0.4) is 0 Å². The maximum atomic E-state index is 12.5. The molecule has 2 aromatic heterocycles. The number of imidazole rings is 1. The van der Waals surface area contributed by atoms with Crippen molar-refractivity contribution in [2.75, 3.05) is 18.9 Å². The number of ether oxygens (including phenoxy) is 2. The minimum Gasteiger partial charge on any atom is -0.461 e. The molecule has 0 aliphatic heterocycles. The number of anilines is 1. The van der Waals surface area contributed by atoms with Gasteiger partial charge in [-0.25, -0.2) is 24.5 Å². The number of aromatic nitrogens is 4. The minimum absolute atomic E-state index is 0.0910. The summed E-state index contributed by atoms with van der Waals surface area (Å²) in [4.78, 5) is 37.7. The zero-order valence-electron chi connectivity index (χ0n) is 18.3. The van der Waals surface area contributed by atoms with Crippen molar-refractivity contribution < 1.29 is 19.1 Å². The monoisotopic (exact) mass is 457 g/mol. The molecule has 1 aliphatic rings. The zero-order chi connectivity index (χ0) is 23.5. The topological polar surface area (TPSA) is 122 Å². The summed E-state index contributed by atoms with van der Waals surface area (Å²) in [6.45, 7) is 0.840. The van der Waals surface area contributed by atoms with Crippen molar-refractivity contribution in [3.05, 3.63) is 84.4 Å². The number of rotatable bonds is 8. The molecular weight excluding hydrogens is 434 g/mol. The Morgan fingerprint density at radius 1 is 0.912 bits per heavy atom. The number of carbonyl (C=O) groups is 2. The van der Waals surface area contributed by atoms with Crippen molar-refractivity contribution in [1.82, 2.24) is 19.5 Å². The highest BCUT2D eigenvalue weighted by Gasteiger charge is 2.56. The van der Waals surface area contributed by atoms with E-state index >= 15 is 0 Å². The van der Waals surface area contributed by atoms with Crippen LogP contribution in [0.1, 0.15) is 27.1 Å². The average molecular weight is 457 g/mol. The summed E-state index contributed by atoms with van der Waals surface area (Å²) in [5.74, 6) is -0.408. The van der Waals surface area contributed by atoms with Gasteiger partial charge in [-0.15, -0.1) is 0 Å². The third kappa shape index (κ3) is 4.32.